The third kappa shape index (κ3) is 7.96. The van der Waals surface area contributed by atoms with Gasteiger partial charge in [-0.1, -0.05) is 12.1 Å². The summed E-state index contributed by atoms with van der Waals surface area (Å²) in [5, 5.41) is 7.51. The topological polar surface area (TPSA) is 45.7 Å². The van der Waals surface area contributed by atoms with E-state index < -0.39 is 0 Å². The minimum Gasteiger partial charge on any atom is -0.491 e. The lowest BCUT2D eigenvalue weighted by Gasteiger charge is -2.14. The monoisotopic (exact) mass is 463 g/mol. The maximum atomic E-state index is 5.74. The van der Waals surface area contributed by atoms with Crippen molar-refractivity contribution in [1.82, 2.24) is 10.6 Å². The minimum absolute atomic E-state index is 0. The summed E-state index contributed by atoms with van der Waals surface area (Å²) in [6, 6.07) is 8.18. The summed E-state index contributed by atoms with van der Waals surface area (Å²) in [7, 11) is 0. The van der Waals surface area contributed by atoms with E-state index in [4.69, 9.17) is 9.73 Å². The number of nitrogens with one attached hydrogen (secondary N) is 2. The van der Waals surface area contributed by atoms with Crippen molar-refractivity contribution in [1.29, 1.82) is 0 Å². The first-order valence-corrected chi connectivity index (χ1v) is 9.61. The predicted molar refractivity (Wildman–Crippen MR) is 116 cm³/mol. The molecule has 0 saturated carbocycles. The van der Waals surface area contributed by atoms with Crippen molar-refractivity contribution in [2.45, 2.75) is 51.5 Å². The van der Waals surface area contributed by atoms with Gasteiger partial charge in [-0.15, -0.1) is 24.0 Å². The molecule has 1 aromatic carbocycles. The first-order chi connectivity index (χ1) is 11.2. The Labute approximate surface area is 167 Å². The zero-order valence-corrected chi connectivity index (χ0v) is 18.0. The van der Waals surface area contributed by atoms with Crippen molar-refractivity contribution in [3.05, 3.63) is 29.8 Å². The zero-order chi connectivity index (χ0) is 16.5. The molecule has 0 radical (unpaired) electrons. The van der Waals surface area contributed by atoms with Crippen LogP contribution in [-0.4, -0.2) is 36.2 Å². The number of hydrogen-bond donors (Lipinski definition) is 2. The van der Waals surface area contributed by atoms with E-state index in [9.17, 15) is 0 Å². The molecule has 6 heteroatoms. The van der Waals surface area contributed by atoms with Crippen LogP contribution in [0.15, 0.2) is 29.3 Å². The lowest BCUT2D eigenvalue weighted by Crippen LogP contribution is -2.40. The molecule has 1 atom stereocenters. The van der Waals surface area contributed by atoms with Gasteiger partial charge in [0.25, 0.3) is 0 Å². The molecule has 2 N–H and O–H groups in total. The molecule has 0 amide bonds. The molecule has 0 bridgehead atoms. The highest BCUT2D eigenvalue weighted by atomic mass is 127. The Morgan fingerprint density at radius 2 is 2.21 bits per heavy atom. The molecule has 1 aliphatic rings. The summed E-state index contributed by atoms with van der Waals surface area (Å²) in [6.45, 7) is 8.70. The van der Waals surface area contributed by atoms with Gasteiger partial charge in [-0.3, -0.25) is 0 Å². The second-order valence-corrected chi connectivity index (χ2v) is 7.43. The van der Waals surface area contributed by atoms with Crippen molar-refractivity contribution < 1.29 is 4.74 Å². The molecule has 2 rings (SSSR count). The summed E-state index contributed by atoms with van der Waals surface area (Å²) in [5.41, 5.74) is 1.16. The van der Waals surface area contributed by atoms with Crippen LogP contribution in [0.3, 0.4) is 0 Å². The third-order valence-electron chi connectivity index (χ3n) is 3.56. The fourth-order valence-electron chi connectivity index (χ4n) is 2.52. The van der Waals surface area contributed by atoms with Crippen LogP contribution >= 0.6 is 35.7 Å². The fourth-order valence-corrected chi connectivity index (χ4v) is 3.72. The maximum Gasteiger partial charge on any atom is 0.191 e. The van der Waals surface area contributed by atoms with Crippen LogP contribution < -0.4 is 15.4 Å². The Hall–Kier alpha value is -0.630. The summed E-state index contributed by atoms with van der Waals surface area (Å²) in [4.78, 5) is 4.69. The van der Waals surface area contributed by atoms with E-state index in [1.165, 1.54) is 18.6 Å². The van der Waals surface area contributed by atoms with Crippen LogP contribution in [0.4, 0.5) is 0 Å². The molecule has 1 aliphatic heterocycles. The molecule has 1 fully saturated rings. The molecular weight excluding hydrogens is 433 g/mol. The first kappa shape index (κ1) is 21.4. The quantitative estimate of drug-likeness (QED) is 0.364. The normalized spacial score (nSPS) is 17.5. The van der Waals surface area contributed by atoms with Crippen molar-refractivity contribution in [2.24, 2.45) is 4.99 Å². The number of nitrogens with zero attached hydrogens (tertiary/aromatic N) is 1. The second kappa shape index (κ2) is 11.8. The highest BCUT2D eigenvalue weighted by Crippen LogP contribution is 2.25. The van der Waals surface area contributed by atoms with Gasteiger partial charge < -0.3 is 15.4 Å². The van der Waals surface area contributed by atoms with Crippen molar-refractivity contribution in [3.63, 3.8) is 0 Å². The van der Waals surface area contributed by atoms with E-state index >= 15 is 0 Å². The fraction of sp³-hybridized carbons (Fsp3) is 0.611. The average molecular weight is 463 g/mol. The van der Waals surface area contributed by atoms with Gasteiger partial charge in [0.1, 0.15) is 5.75 Å². The zero-order valence-electron chi connectivity index (χ0n) is 14.9. The number of ether oxygens (including phenoxy) is 1. The molecule has 1 saturated heterocycles. The van der Waals surface area contributed by atoms with Crippen LogP contribution in [0.1, 0.15) is 39.2 Å². The van der Waals surface area contributed by atoms with Gasteiger partial charge in [-0.05, 0) is 57.1 Å². The van der Waals surface area contributed by atoms with Crippen LogP contribution in [-0.2, 0) is 6.54 Å². The van der Waals surface area contributed by atoms with Gasteiger partial charge in [0.05, 0.1) is 12.6 Å². The van der Waals surface area contributed by atoms with Gasteiger partial charge in [0.15, 0.2) is 5.96 Å². The Bertz CT molecular complexity index is 505. The van der Waals surface area contributed by atoms with E-state index in [2.05, 4.69) is 41.5 Å². The Morgan fingerprint density at radius 3 is 2.88 bits per heavy atom. The highest BCUT2D eigenvalue weighted by molar-refractivity contribution is 14.0. The molecular formula is C18H30IN3OS. The second-order valence-electron chi connectivity index (χ2n) is 6.03. The molecule has 1 unspecified atom stereocenters. The Morgan fingerprint density at radius 1 is 1.38 bits per heavy atom. The van der Waals surface area contributed by atoms with Gasteiger partial charge in [-0.25, -0.2) is 4.99 Å². The maximum absolute atomic E-state index is 5.74. The van der Waals surface area contributed by atoms with E-state index in [1.54, 1.807) is 0 Å². The van der Waals surface area contributed by atoms with Crippen molar-refractivity contribution in [3.8, 4) is 5.75 Å². The number of guanidine groups is 1. The summed E-state index contributed by atoms with van der Waals surface area (Å²) < 4.78 is 5.74. The number of thioether (sulfide) groups is 1. The molecule has 24 heavy (non-hydrogen) atoms. The van der Waals surface area contributed by atoms with Crippen LogP contribution in [0.25, 0.3) is 0 Å². The van der Waals surface area contributed by atoms with E-state index in [0.29, 0.717) is 6.54 Å². The van der Waals surface area contributed by atoms with Gasteiger partial charge in [-0.2, -0.15) is 11.8 Å². The molecule has 0 aliphatic carbocycles. The van der Waals surface area contributed by atoms with E-state index in [-0.39, 0.29) is 30.1 Å². The SMILES string of the molecule is CCNC(=NCc1cccc(OC(C)C)c1)NCC1CCCS1.I. The van der Waals surface area contributed by atoms with Crippen LogP contribution in [0, 0.1) is 0 Å². The largest absolute Gasteiger partial charge is 0.491 e. The van der Waals surface area contributed by atoms with Crippen molar-refractivity contribution in [2.75, 3.05) is 18.8 Å². The summed E-state index contributed by atoms with van der Waals surface area (Å²) in [5.74, 6) is 3.10. The average Bonchev–Trinajstić information content (AvgIpc) is 3.03. The predicted octanol–water partition coefficient (Wildman–Crippen LogP) is 4.04. The lowest BCUT2D eigenvalue weighted by molar-refractivity contribution is 0.242. The molecule has 0 spiro atoms. The molecule has 4 nitrogen and oxygen atoms in total. The van der Waals surface area contributed by atoms with Crippen LogP contribution in [0.2, 0.25) is 0 Å². The number of benzene rings is 1. The molecule has 136 valence electrons. The van der Waals surface area contributed by atoms with E-state index in [0.717, 1.165) is 35.6 Å². The molecule has 1 heterocycles. The minimum atomic E-state index is 0. The van der Waals surface area contributed by atoms with Gasteiger partial charge >= 0.3 is 0 Å². The standard InChI is InChI=1S/C18H29N3OS.HI/c1-4-19-18(21-13-17-9-6-10-23-17)20-12-15-7-5-8-16(11-15)22-14(2)3;/h5,7-8,11,14,17H,4,6,9-10,12-13H2,1-3H3,(H2,19,20,21);1H. The smallest absolute Gasteiger partial charge is 0.191 e. The summed E-state index contributed by atoms with van der Waals surface area (Å²) in [6.07, 6.45) is 2.84. The highest BCUT2D eigenvalue weighted by Gasteiger charge is 2.15. The number of hydrogen-bond acceptors (Lipinski definition) is 3. The van der Waals surface area contributed by atoms with Gasteiger partial charge in [0, 0.05) is 18.3 Å². The first-order valence-electron chi connectivity index (χ1n) is 8.56. The number of aliphatic imine (C=N–C) groups is 1. The van der Waals surface area contributed by atoms with E-state index in [1.807, 2.05) is 26.0 Å². The third-order valence-corrected chi connectivity index (χ3v) is 4.95. The van der Waals surface area contributed by atoms with Crippen molar-refractivity contribution >= 4 is 41.7 Å². The lowest BCUT2D eigenvalue weighted by atomic mass is 10.2. The molecule has 1 aromatic rings. The Kier molecular flexibility index (Phi) is 10.6. The summed E-state index contributed by atoms with van der Waals surface area (Å²) >= 11 is 2.06. The van der Waals surface area contributed by atoms with Gasteiger partial charge in [0.2, 0.25) is 0 Å². The number of halogens is 1. The number of rotatable bonds is 7. The van der Waals surface area contributed by atoms with Crippen LogP contribution in [0.5, 0.6) is 5.75 Å². The Balaban J connectivity index is 0.00000288. The molecule has 0 aromatic heterocycles.